The highest BCUT2D eigenvalue weighted by Gasteiger charge is 2.23. The van der Waals surface area contributed by atoms with E-state index in [1.165, 1.54) is 35.2 Å². The van der Waals surface area contributed by atoms with Gasteiger partial charge >= 0.3 is 0 Å². The highest BCUT2D eigenvalue weighted by molar-refractivity contribution is 7.98. The predicted molar refractivity (Wildman–Crippen MR) is 120 cm³/mol. The maximum atomic E-state index is 12.8. The van der Waals surface area contributed by atoms with E-state index in [4.69, 9.17) is 4.52 Å². The zero-order valence-corrected chi connectivity index (χ0v) is 19.3. The van der Waals surface area contributed by atoms with Gasteiger partial charge in [0.25, 0.3) is 5.91 Å². The Morgan fingerprint density at radius 3 is 2.55 bits per heavy atom. The molecule has 0 radical (unpaired) electrons. The SMILES string of the molecule is Cc1cc(CSc2ncccc2C(=O)Nc2ccc(S(=O)(=O)N(C)C(C)C)cc2)no1. The summed E-state index contributed by atoms with van der Waals surface area (Å²) in [6, 6.07) is 11.2. The van der Waals surface area contributed by atoms with E-state index in [0.29, 0.717) is 22.0 Å². The fourth-order valence-electron chi connectivity index (χ4n) is 2.66. The first-order chi connectivity index (χ1) is 14.7. The lowest BCUT2D eigenvalue weighted by molar-refractivity contribution is 0.102. The lowest BCUT2D eigenvalue weighted by Gasteiger charge is -2.21. The number of carbonyl (C=O) groups excluding carboxylic acids is 1. The van der Waals surface area contributed by atoms with Crippen molar-refractivity contribution in [3.63, 3.8) is 0 Å². The number of pyridine rings is 1. The predicted octanol–water partition coefficient (Wildman–Crippen LogP) is 3.95. The average molecular weight is 461 g/mol. The minimum Gasteiger partial charge on any atom is -0.361 e. The lowest BCUT2D eigenvalue weighted by Crippen LogP contribution is -2.33. The number of thioether (sulfide) groups is 1. The van der Waals surface area contributed by atoms with Crippen molar-refractivity contribution in [2.24, 2.45) is 0 Å². The molecule has 2 aromatic heterocycles. The van der Waals surface area contributed by atoms with Crippen LogP contribution >= 0.6 is 11.8 Å². The Morgan fingerprint density at radius 1 is 1.23 bits per heavy atom. The quantitative estimate of drug-likeness (QED) is 0.507. The maximum absolute atomic E-state index is 12.8. The number of benzene rings is 1. The normalized spacial score (nSPS) is 11.8. The number of nitrogens with zero attached hydrogens (tertiary/aromatic N) is 3. The molecule has 0 fully saturated rings. The Labute approximate surface area is 186 Å². The molecule has 31 heavy (non-hydrogen) atoms. The Morgan fingerprint density at radius 2 is 1.94 bits per heavy atom. The van der Waals surface area contributed by atoms with Crippen LogP contribution in [-0.2, 0) is 15.8 Å². The van der Waals surface area contributed by atoms with Crippen molar-refractivity contribution in [2.45, 2.75) is 42.5 Å². The average Bonchev–Trinajstić information content (AvgIpc) is 3.17. The van der Waals surface area contributed by atoms with E-state index in [-0.39, 0.29) is 16.8 Å². The molecule has 0 aliphatic carbocycles. The summed E-state index contributed by atoms with van der Waals surface area (Å²) < 4.78 is 31.5. The Kier molecular flexibility index (Phi) is 7.14. The second-order valence-corrected chi connectivity index (χ2v) is 10.1. The monoisotopic (exact) mass is 460 g/mol. The number of rotatable bonds is 8. The van der Waals surface area contributed by atoms with E-state index < -0.39 is 10.0 Å². The van der Waals surface area contributed by atoms with Crippen molar-refractivity contribution in [3.8, 4) is 0 Å². The van der Waals surface area contributed by atoms with E-state index >= 15 is 0 Å². The van der Waals surface area contributed by atoms with Crippen molar-refractivity contribution >= 4 is 33.4 Å². The third kappa shape index (κ3) is 5.52. The first kappa shape index (κ1) is 23.0. The van der Waals surface area contributed by atoms with Crippen LogP contribution in [0.25, 0.3) is 0 Å². The molecule has 0 aliphatic heterocycles. The molecule has 2 heterocycles. The molecule has 0 atom stereocenters. The van der Waals surface area contributed by atoms with Crippen molar-refractivity contribution in [1.82, 2.24) is 14.4 Å². The van der Waals surface area contributed by atoms with E-state index in [2.05, 4.69) is 15.5 Å². The Balaban J connectivity index is 1.72. The fourth-order valence-corrected chi connectivity index (χ4v) is 4.90. The molecule has 0 spiro atoms. The third-order valence-electron chi connectivity index (χ3n) is 4.57. The van der Waals surface area contributed by atoms with Crippen LogP contribution in [0.2, 0.25) is 0 Å². The standard InChI is InChI=1S/C21H24N4O4S2/c1-14(2)25(4)31(27,28)18-9-7-16(8-10-18)23-20(26)19-6-5-11-22-21(19)30-13-17-12-15(3)29-24-17/h5-12,14H,13H2,1-4H3,(H,23,26). The molecule has 3 rings (SSSR count). The summed E-state index contributed by atoms with van der Waals surface area (Å²) in [5.41, 5.74) is 1.68. The Hall–Kier alpha value is -2.69. The first-order valence-corrected chi connectivity index (χ1v) is 12.0. The summed E-state index contributed by atoms with van der Waals surface area (Å²) in [5, 5.41) is 7.31. The summed E-state index contributed by atoms with van der Waals surface area (Å²) in [4.78, 5) is 17.3. The smallest absolute Gasteiger partial charge is 0.258 e. The molecule has 8 nitrogen and oxygen atoms in total. The van der Waals surface area contributed by atoms with Crippen LogP contribution in [0.1, 0.15) is 35.7 Å². The van der Waals surface area contributed by atoms with Crippen LogP contribution in [0.3, 0.4) is 0 Å². The minimum atomic E-state index is -3.58. The number of anilines is 1. The van der Waals surface area contributed by atoms with E-state index in [9.17, 15) is 13.2 Å². The van der Waals surface area contributed by atoms with Gasteiger partial charge in [-0.05, 0) is 57.2 Å². The summed E-state index contributed by atoms with van der Waals surface area (Å²) in [5.74, 6) is 0.909. The molecular formula is C21H24N4O4S2. The summed E-state index contributed by atoms with van der Waals surface area (Å²) in [7, 11) is -2.04. The van der Waals surface area contributed by atoms with E-state index in [0.717, 1.165) is 11.5 Å². The van der Waals surface area contributed by atoms with Crippen LogP contribution in [0, 0.1) is 6.92 Å². The van der Waals surface area contributed by atoms with Gasteiger partial charge in [0.05, 0.1) is 16.2 Å². The van der Waals surface area contributed by atoms with Gasteiger partial charge in [-0.3, -0.25) is 4.79 Å². The Bertz CT molecular complexity index is 1160. The van der Waals surface area contributed by atoms with Crippen LogP contribution in [0.4, 0.5) is 5.69 Å². The summed E-state index contributed by atoms with van der Waals surface area (Å²) in [6.07, 6.45) is 1.62. The lowest BCUT2D eigenvalue weighted by atomic mass is 10.2. The number of sulfonamides is 1. The molecule has 1 aromatic carbocycles. The zero-order chi connectivity index (χ0) is 22.6. The van der Waals surface area contributed by atoms with Gasteiger partial charge in [0, 0.05) is 36.8 Å². The van der Waals surface area contributed by atoms with E-state index in [1.807, 2.05) is 13.0 Å². The number of aryl methyl sites for hydroxylation is 1. The molecule has 0 aliphatic rings. The number of hydrogen-bond acceptors (Lipinski definition) is 7. The van der Waals surface area contributed by atoms with Gasteiger partial charge in [-0.15, -0.1) is 0 Å². The third-order valence-corrected chi connectivity index (χ3v) is 7.65. The molecule has 1 amide bonds. The van der Waals surface area contributed by atoms with E-state index in [1.54, 1.807) is 44.3 Å². The highest BCUT2D eigenvalue weighted by atomic mass is 32.2. The van der Waals surface area contributed by atoms with Gasteiger partial charge in [0.1, 0.15) is 10.8 Å². The summed E-state index contributed by atoms with van der Waals surface area (Å²) >= 11 is 1.38. The first-order valence-electron chi connectivity index (χ1n) is 9.58. The largest absolute Gasteiger partial charge is 0.361 e. The molecule has 0 bridgehead atoms. The number of nitrogens with one attached hydrogen (secondary N) is 1. The number of hydrogen-bond donors (Lipinski definition) is 1. The van der Waals surface area contributed by atoms with Crippen molar-refractivity contribution in [3.05, 3.63) is 65.7 Å². The minimum absolute atomic E-state index is 0.160. The molecule has 3 aromatic rings. The van der Waals surface area contributed by atoms with Crippen molar-refractivity contribution in [1.29, 1.82) is 0 Å². The number of carbonyl (C=O) groups is 1. The highest BCUT2D eigenvalue weighted by Crippen LogP contribution is 2.25. The van der Waals surface area contributed by atoms with Gasteiger partial charge < -0.3 is 9.84 Å². The topological polar surface area (TPSA) is 105 Å². The molecule has 0 saturated carbocycles. The molecule has 164 valence electrons. The molecule has 0 saturated heterocycles. The molecule has 1 N–H and O–H groups in total. The van der Waals surface area contributed by atoms with Gasteiger partial charge in [-0.1, -0.05) is 16.9 Å². The number of aromatic nitrogens is 2. The maximum Gasteiger partial charge on any atom is 0.258 e. The van der Waals surface area contributed by atoms with Crippen molar-refractivity contribution < 1.29 is 17.7 Å². The van der Waals surface area contributed by atoms with Crippen LogP contribution < -0.4 is 5.32 Å². The van der Waals surface area contributed by atoms with Gasteiger partial charge in [-0.2, -0.15) is 4.31 Å². The number of amides is 1. The van der Waals surface area contributed by atoms with Gasteiger partial charge in [0.15, 0.2) is 0 Å². The van der Waals surface area contributed by atoms with Crippen LogP contribution in [-0.4, -0.2) is 41.9 Å². The summed E-state index contributed by atoms with van der Waals surface area (Å²) in [6.45, 7) is 5.43. The molecule has 10 heteroatoms. The van der Waals surface area contributed by atoms with Crippen molar-refractivity contribution in [2.75, 3.05) is 12.4 Å². The fraction of sp³-hybridized carbons (Fsp3) is 0.286. The zero-order valence-electron chi connectivity index (χ0n) is 17.7. The second kappa shape index (κ2) is 9.63. The van der Waals surface area contributed by atoms with Crippen LogP contribution in [0.5, 0.6) is 0 Å². The van der Waals surface area contributed by atoms with Gasteiger partial charge in [0.2, 0.25) is 10.0 Å². The second-order valence-electron chi connectivity index (χ2n) is 7.17. The van der Waals surface area contributed by atoms with Gasteiger partial charge in [-0.25, -0.2) is 13.4 Å². The molecule has 0 unspecified atom stereocenters. The molecular weight excluding hydrogens is 436 g/mol. The van der Waals surface area contributed by atoms with Crippen LogP contribution in [0.15, 0.2) is 63.1 Å².